The Labute approximate surface area is 108 Å². The highest BCUT2D eigenvalue weighted by Gasteiger charge is 2.17. The minimum Gasteiger partial charge on any atom is -0.339 e. The number of hydrogen-bond acceptors (Lipinski definition) is 2. The SMILES string of the molecule is CC(N)CCC(=O)N(C)C(C)c1ccc(F)cc1. The minimum absolute atomic E-state index is 0.0310. The second-order valence-electron chi connectivity index (χ2n) is 4.75. The van der Waals surface area contributed by atoms with Crippen molar-refractivity contribution in [2.75, 3.05) is 7.05 Å². The molecule has 0 saturated carbocycles. The topological polar surface area (TPSA) is 46.3 Å². The maximum Gasteiger partial charge on any atom is 0.222 e. The normalized spacial score (nSPS) is 14.1. The fourth-order valence-electron chi connectivity index (χ4n) is 1.71. The Morgan fingerprint density at radius 2 is 1.89 bits per heavy atom. The molecule has 100 valence electrons. The van der Waals surface area contributed by atoms with Crippen molar-refractivity contribution in [2.45, 2.75) is 38.8 Å². The average molecular weight is 252 g/mol. The number of carbonyl (C=O) groups is 1. The van der Waals surface area contributed by atoms with E-state index >= 15 is 0 Å². The molecule has 0 aromatic heterocycles. The molecule has 0 bridgehead atoms. The Morgan fingerprint density at radius 1 is 1.33 bits per heavy atom. The van der Waals surface area contributed by atoms with E-state index in [4.69, 9.17) is 5.73 Å². The van der Waals surface area contributed by atoms with E-state index in [1.807, 2.05) is 13.8 Å². The van der Waals surface area contributed by atoms with Crippen LogP contribution in [0.4, 0.5) is 4.39 Å². The molecular formula is C14H21FN2O. The fraction of sp³-hybridized carbons (Fsp3) is 0.500. The third-order valence-corrected chi connectivity index (χ3v) is 3.14. The number of carbonyl (C=O) groups excluding carboxylic acids is 1. The highest BCUT2D eigenvalue weighted by Crippen LogP contribution is 2.20. The Morgan fingerprint density at radius 3 is 2.39 bits per heavy atom. The van der Waals surface area contributed by atoms with E-state index < -0.39 is 0 Å². The summed E-state index contributed by atoms with van der Waals surface area (Å²) in [6.07, 6.45) is 1.12. The average Bonchev–Trinajstić information content (AvgIpc) is 2.35. The molecule has 0 aliphatic rings. The van der Waals surface area contributed by atoms with Crippen LogP contribution in [0.1, 0.15) is 38.3 Å². The van der Waals surface area contributed by atoms with Gasteiger partial charge in [0.25, 0.3) is 0 Å². The van der Waals surface area contributed by atoms with Gasteiger partial charge >= 0.3 is 0 Å². The van der Waals surface area contributed by atoms with Crippen molar-refractivity contribution in [1.82, 2.24) is 4.90 Å². The van der Waals surface area contributed by atoms with Gasteiger partial charge in [-0.1, -0.05) is 12.1 Å². The van der Waals surface area contributed by atoms with Crippen molar-refractivity contribution < 1.29 is 9.18 Å². The summed E-state index contributed by atoms with van der Waals surface area (Å²) >= 11 is 0. The van der Waals surface area contributed by atoms with E-state index in [0.29, 0.717) is 12.8 Å². The molecule has 1 aromatic carbocycles. The number of rotatable bonds is 5. The van der Waals surface area contributed by atoms with Crippen molar-refractivity contribution in [1.29, 1.82) is 0 Å². The molecule has 2 atom stereocenters. The Kier molecular flexibility index (Phi) is 5.28. The molecule has 1 rings (SSSR count). The molecule has 0 fully saturated rings. The Balaban J connectivity index is 2.62. The van der Waals surface area contributed by atoms with Crippen LogP contribution >= 0.6 is 0 Å². The lowest BCUT2D eigenvalue weighted by atomic mass is 10.1. The van der Waals surface area contributed by atoms with Gasteiger partial charge in [0.1, 0.15) is 5.82 Å². The zero-order valence-corrected chi connectivity index (χ0v) is 11.2. The summed E-state index contributed by atoms with van der Waals surface area (Å²) in [6, 6.07) is 6.19. The molecule has 0 aliphatic heterocycles. The number of hydrogen-bond donors (Lipinski definition) is 1. The quantitative estimate of drug-likeness (QED) is 0.875. The summed E-state index contributed by atoms with van der Waals surface area (Å²) < 4.78 is 12.8. The maximum absolute atomic E-state index is 12.8. The lowest BCUT2D eigenvalue weighted by Gasteiger charge is -2.25. The van der Waals surface area contributed by atoms with E-state index in [9.17, 15) is 9.18 Å². The number of nitrogens with zero attached hydrogens (tertiary/aromatic N) is 1. The first-order valence-corrected chi connectivity index (χ1v) is 6.18. The first kappa shape index (κ1) is 14.6. The van der Waals surface area contributed by atoms with E-state index in [-0.39, 0.29) is 23.8 Å². The molecule has 3 nitrogen and oxygen atoms in total. The van der Waals surface area contributed by atoms with Crippen LogP contribution in [-0.4, -0.2) is 23.9 Å². The summed E-state index contributed by atoms with van der Waals surface area (Å²) in [6.45, 7) is 3.81. The molecule has 0 spiro atoms. The predicted molar refractivity (Wildman–Crippen MR) is 70.5 cm³/mol. The molecular weight excluding hydrogens is 231 g/mol. The fourth-order valence-corrected chi connectivity index (χ4v) is 1.71. The van der Waals surface area contributed by atoms with Crippen molar-refractivity contribution in [3.63, 3.8) is 0 Å². The molecule has 2 N–H and O–H groups in total. The van der Waals surface area contributed by atoms with Gasteiger partial charge in [0.2, 0.25) is 5.91 Å². The Bertz CT molecular complexity index is 389. The second kappa shape index (κ2) is 6.50. The van der Waals surface area contributed by atoms with Crippen molar-refractivity contribution in [3.8, 4) is 0 Å². The lowest BCUT2D eigenvalue weighted by Crippen LogP contribution is -2.30. The number of nitrogens with two attached hydrogens (primary N) is 1. The van der Waals surface area contributed by atoms with Crippen LogP contribution in [0.15, 0.2) is 24.3 Å². The van der Waals surface area contributed by atoms with Gasteiger partial charge in [-0.25, -0.2) is 4.39 Å². The van der Waals surface area contributed by atoms with Crippen LogP contribution in [0.5, 0.6) is 0 Å². The van der Waals surface area contributed by atoms with E-state index in [1.54, 1.807) is 24.1 Å². The zero-order valence-electron chi connectivity index (χ0n) is 11.2. The van der Waals surface area contributed by atoms with Gasteiger partial charge in [0, 0.05) is 19.5 Å². The van der Waals surface area contributed by atoms with Gasteiger partial charge in [-0.05, 0) is 38.0 Å². The van der Waals surface area contributed by atoms with Gasteiger partial charge in [0.05, 0.1) is 6.04 Å². The third kappa shape index (κ3) is 4.11. The second-order valence-corrected chi connectivity index (χ2v) is 4.75. The standard InChI is InChI=1S/C14H21FN2O/c1-10(16)4-9-14(18)17(3)11(2)12-5-7-13(15)8-6-12/h5-8,10-11H,4,9,16H2,1-3H3. The summed E-state index contributed by atoms with van der Waals surface area (Å²) in [5, 5.41) is 0. The third-order valence-electron chi connectivity index (χ3n) is 3.14. The summed E-state index contributed by atoms with van der Waals surface area (Å²) in [5.74, 6) is -0.207. The highest BCUT2D eigenvalue weighted by molar-refractivity contribution is 5.76. The monoisotopic (exact) mass is 252 g/mol. The summed E-state index contributed by atoms with van der Waals surface area (Å²) in [5.41, 5.74) is 6.56. The van der Waals surface area contributed by atoms with Crippen LogP contribution in [0, 0.1) is 5.82 Å². The van der Waals surface area contributed by atoms with Gasteiger partial charge in [-0.15, -0.1) is 0 Å². The molecule has 2 unspecified atom stereocenters. The molecule has 0 aliphatic carbocycles. The van der Waals surface area contributed by atoms with Gasteiger partial charge in [-0.2, -0.15) is 0 Å². The van der Waals surface area contributed by atoms with Gasteiger partial charge < -0.3 is 10.6 Å². The first-order valence-electron chi connectivity index (χ1n) is 6.18. The molecule has 1 aromatic rings. The molecule has 1 amide bonds. The number of benzene rings is 1. The number of halogens is 1. The van der Waals surface area contributed by atoms with E-state index in [1.165, 1.54) is 12.1 Å². The smallest absolute Gasteiger partial charge is 0.222 e. The molecule has 0 saturated heterocycles. The van der Waals surface area contributed by atoms with Crippen LogP contribution in [0.25, 0.3) is 0 Å². The Hall–Kier alpha value is -1.42. The van der Waals surface area contributed by atoms with Crippen molar-refractivity contribution >= 4 is 5.91 Å². The first-order chi connectivity index (χ1) is 8.41. The largest absolute Gasteiger partial charge is 0.339 e. The van der Waals surface area contributed by atoms with Gasteiger partial charge in [-0.3, -0.25) is 4.79 Å². The highest BCUT2D eigenvalue weighted by atomic mass is 19.1. The van der Waals surface area contributed by atoms with Crippen LogP contribution in [0.2, 0.25) is 0 Å². The zero-order chi connectivity index (χ0) is 13.7. The summed E-state index contributed by atoms with van der Waals surface area (Å²) in [7, 11) is 1.76. The van der Waals surface area contributed by atoms with Crippen LogP contribution < -0.4 is 5.73 Å². The summed E-state index contributed by atoms with van der Waals surface area (Å²) in [4.78, 5) is 13.6. The van der Waals surface area contributed by atoms with E-state index in [2.05, 4.69) is 0 Å². The maximum atomic E-state index is 12.8. The molecule has 4 heteroatoms. The molecule has 0 heterocycles. The van der Waals surface area contributed by atoms with Crippen molar-refractivity contribution in [3.05, 3.63) is 35.6 Å². The van der Waals surface area contributed by atoms with Crippen LogP contribution in [0.3, 0.4) is 0 Å². The molecule has 18 heavy (non-hydrogen) atoms. The van der Waals surface area contributed by atoms with Crippen LogP contribution in [-0.2, 0) is 4.79 Å². The minimum atomic E-state index is -0.267. The number of amides is 1. The van der Waals surface area contributed by atoms with Gasteiger partial charge in [0.15, 0.2) is 0 Å². The van der Waals surface area contributed by atoms with Crippen molar-refractivity contribution in [2.24, 2.45) is 5.73 Å². The lowest BCUT2D eigenvalue weighted by molar-refractivity contribution is -0.132. The molecule has 0 radical (unpaired) electrons. The predicted octanol–water partition coefficient (Wildman–Crippen LogP) is 2.47. The van der Waals surface area contributed by atoms with E-state index in [0.717, 1.165) is 5.56 Å².